The van der Waals surface area contributed by atoms with Gasteiger partial charge in [0.1, 0.15) is 17.3 Å². The fourth-order valence-corrected chi connectivity index (χ4v) is 5.98. The SMILES string of the molecule is CC(C)(C)C[C@@H]1N2[C@@H](C(=O)OC2(C)C)[C@H](c2cccc(Cl)c2F)[C@@]1(C#N)c1ccc(Cl)cc1. The molecule has 2 aliphatic rings. The zero-order valence-corrected chi connectivity index (χ0v) is 20.8. The predicted octanol–water partition coefficient (Wildman–Crippen LogP) is 6.46. The Balaban J connectivity index is 2.09. The molecule has 33 heavy (non-hydrogen) atoms. The molecule has 7 heteroatoms. The second-order valence-electron chi connectivity index (χ2n) is 10.6. The van der Waals surface area contributed by atoms with Crippen LogP contribution in [0.1, 0.15) is 58.1 Å². The number of fused-ring (bicyclic) bond motifs is 1. The molecule has 2 aromatic carbocycles. The number of esters is 1. The molecule has 0 unspecified atom stereocenters. The molecule has 0 spiro atoms. The third-order valence-corrected chi connectivity index (χ3v) is 7.35. The van der Waals surface area contributed by atoms with E-state index in [1.807, 2.05) is 18.7 Å². The zero-order valence-electron chi connectivity index (χ0n) is 19.3. The Morgan fingerprint density at radius 1 is 1.15 bits per heavy atom. The number of ether oxygens (including phenoxy) is 1. The largest absolute Gasteiger partial charge is 0.443 e. The summed E-state index contributed by atoms with van der Waals surface area (Å²) in [6.07, 6.45) is 0.582. The number of nitriles is 1. The smallest absolute Gasteiger partial charge is 0.325 e. The lowest BCUT2D eigenvalue weighted by atomic mass is 9.62. The summed E-state index contributed by atoms with van der Waals surface area (Å²) in [6.45, 7) is 9.91. The normalized spacial score (nSPS) is 28.9. The molecule has 0 radical (unpaired) electrons. The van der Waals surface area contributed by atoms with Gasteiger partial charge in [-0.25, -0.2) is 9.29 Å². The third-order valence-electron chi connectivity index (χ3n) is 6.81. The van der Waals surface area contributed by atoms with Crippen molar-refractivity contribution in [3.63, 3.8) is 0 Å². The minimum Gasteiger partial charge on any atom is -0.443 e. The summed E-state index contributed by atoms with van der Waals surface area (Å²) in [6, 6.07) is 13.1. The Morgan fingerprint density at radius 2 is 1.79 bits per heavy atom. The van der Waals surface area contributed by atoms with Gasteiger partial charge in [-0.3, -0.25) is 4.79 Å². The minimum atomic E-state index is -1.25. The van der Waals surface area contributed by atoms with E-state index in [0.29, 0.717) is 17.0 Å². The van der Waals surface area contributed by atoms with E-state index < -0.39 is 40.9 Å². The second-order valence-corrected chi connectivity index (χ2v) is 11.5. The molecule has 174 valence electrons. The number of nitrogens with zero attached hydrogens (tertiary/aromatic N) is 2. The topological polar surface area (TPSA) is 53.3 Å². The highest BCUT2D eigenvalue weighted by atomic mass is 35.5. The molecule has 2 saturated heterocycles. The Labute approximate surface area is 204 Å². The van der Waals surface area contributed by atoms with Crippen molar-refractivity contribution in [2.75, 3.05) is 0 Å². The van der Waals surface area contributed by atoms with E-state index in [-0.39, 0.29) is 16.0 Å². The molecule has 2 fully saturated rings. The van der Waals surface area contributed by atoms with Crippen molar-refractivity contribution in [2.24, 2.45) is 5.41 Å². The average molecular weight is 489 g/mol. The highest BCUT2D eigenvalue weighted by molar-refractivity contribution is 6.31. The summed E-state index contributed by atoms with van der Waals surface area (Å²) in [7, 11) is 0. The van der Waals surface area contributed by atoms with Gasteiger partial charge in [-0.2, -0.15) is 5.26 Å². The van der Waals surface area contributed by atoms with Crippen LogP contribution in [0.2, 0.25) is 10.0 Å². The number of carbonyl (C=O) groups is 1. The monoisotopic (exact) mass is 488 g/mol. The molecule has 0 aromatic heterocycles. The predicted molar refractivity (Wildman–Crippen MR) is 127 cm³/mol. The van der Waals surface area contributed by atoms with Crippen molar-refractivity contribution in [3.05, 3.63) is 69.5 Å². The van der Waals surface area contributed by atoms with Gasteiger partial charge in [-0.1, -0.05) is 68.2 Å². The van der Waals surface area contributed by atoms with Crippen molar-refractivity contribution in [2.45, 2.75) is 70.2 Å². The van der Waals surface area contributed by atoms with Gasteiger partial charge in [-0.15, -0.1) is 0 Å². The lowest BCUT2D eigenvalue weighted by Crippen LogP contribution is -2.52. The minimum absolute atomic E-state index is 0.0492. The molecule has 4 rings (SSSR count). The van der Waals surface area contributed by atoms with Gasteiger partial charge in [0.15, 0.2) is 5.72 Å². The van der Waals surface area contributed by atoms with Gasteiger partial charge < -0.3 is 4.74 Å². The number of halogens is 3. The average Bonchev–Trinajstić information content (AvgIpc) is 3.13. The lowest BCUT2D eigenvalue weighted by molar-refractivity contribution is -0.152. The van der Waals surface area contributed by atoms with E-state index in [2.05, 4.69) is 26.8 Å². The van der Waals surface area contributed by atoms with Crippen molar-refractivity contribution in [3.8, 4) is 6.07 Å². The number of carbonyl (C=O) groups excluding carboxylic acids is 1. The van der Waals surface area contributed by atoms with Crippen LogP contribution in [0.4, 0.5) is 4.39 Å². The van der Waals surface area contributed by atoms with Crippen LogP contribution < -0.4 is 0 Å². The van der Waals surface area contributed by atoms with Crippen LogP contribution in [0.25, 0.3) is 0 Å². The maximum Gasteiger partial charge on any atom is 0.325 e. The highest BCUT2D eigenvalue weighted by Gasteiger charge is 2.70. The Hall–Kier alpha value is -2.13. The van der Waals surface area contributed by atoms with Crippen molar-refractivity contribution < 1.29 is 13.9 Å². The molecular weight excluding hydrogens is 462 g/mol. The van der Waals surface area contributed by atoms with Gasteiger partial charge in [-0.05, 0) is 55.0 Å². The maximum atomic E-state index is 15.5. The number of cyclic esters (lactones) is 1. The van der Waals surface area contributed by atoms with E-state index in [0.717, 1.165) is 0 Å². The Kier molecular flexibility index (Phi) is 5.80. The first-order chi connectivity index (χ1) is 15.3. The molecule has 4 atom stereocenters. The first-order valence-electron chi connectivity index (χ1n) is 11.0. The van der Waals surface area contributed by atoms with E-state index in [1.54, 1.807) is 36.4 Å². The van der Waals surface area contributed by atoms with Crippen LogP contribution in [-0.4, -0.2) is 28.7 Å². The summed E-state index contributed by atoms with van der Waals surface area (Å²) in [5.41, 5.74) is -1.47. The number of rotatable bonds is 3. The lowest BCUT2D eigenvalue weighted by Gasteiger charge is -2.42. The summed E-state index contributed by atoms with van der Waals surface area (Å²) in [5.74, 6) is -1.91. The molecule has 0 N–H and O–H groups in total. The molecule has 4 nitrogen and oxygen atoms in total. The quantitative estimate of drug-likeness (QED) is 0.465. The Morgan fingerprint density at radius 3 is 2.36 bits per heavy atom. The molecular formula is C26H27Cl2FN2O2. The first kappa shape index (κ1) is 24.0. The highest BCUT2D eigenvalue weighted by Crippen LogP contribution is 2.60. The number of benzene rings is 2. The Bertz CT molecular complexity index is 1140. The standard InChI is InChI=1S/C26H27Cl2FN2O2/c1-24(2,3)13-19-26(14-30,15-9-11-16(27)12-10-15)20(17-7-6-8-18(28)21(17)29)22-23(32)33-25(4,5)31(19)22/h6-12,19-20,22H,13H2,1-5H3/t19-,20-,22+,26-/m0/s1. The van der Waals surface area contributed by atoms with Gasteiger partial charge in [0, 0.05) is 17.0 Å². The van der Waals surface area contributed by atoms with Crippen LogP contribution in [0, 0.1) is 22.6 Å². The van der Waals surface area contributed by atoms with E-state index >= 15 is 4.39 Å². The van der Waals surface area contributed by atoms with Gasteiger partial charge in [0.05, 0.1) is 11.1 Å². The molecule has 0 bridgehead atoms. The third kappa shape index (κ3) is 3.73. The van der Waals surface area contributed by atoms with Crippen LogP contribution in [-0.2, 0) is 14.9 Å². The van der Waals surface area contributed by atoms with E-state index in [9.17, 15) is 10.1 Å². The summed E-state index contributed by atoms with van der Waals surface area (Å²) in [5, 5.41) is 11.4. The zero-order chi connectivity index (χ0) is 24.3. The van der Waals surface area contributed by atoms with Crippen LogP contribution >= 0.6 is 23.2 Å². The molecule has 2 heterocycles. The summed E-state index contributed by atoms with van der Waals surface area (Å²) >= 11 is 12.3. The molecule has 2 aromatic rings. The van der Waals surface area contributed by atoms with Crippen molar-refractivity contribution >= 4 is 29.2 Å². The summed E-state index contributed by atoms with van der Waals surface area (Å²) in [4.78, 5) is 15.3. The summed E-state index contributed by atoms with van der Waals surface area (Å²) < 4.78 is 21.3. The molecule has 0 amide bonds. The van der Waals surface area contributed by atoms with E-state index in [4.69, 9.17) is 27.9 Å². The fourth-order valence-electron chi connectivity index (χ4n) is 5.67. The van der Waals surface area contributed by atoms with Crippen LogP contribution in [0.3, 0.4) is 0 Å². The first-order valence-corrected chi connectivity index (χ1v) is 11.7. The number of hydrogen-bond donors (Lipinski definition) is 0. The van der Waals surface area contributed by atoms with Gasteiger partial charge in [0.25, 0.3) is 0 Å². The molecule has 0 aliphatic carbocycles. The number of hydrogen-bond acceptors (Lipinski definition) is 4. The van der Waals surface area contributed by atoms with Crippen LogP contribution in [0.15, 0.2) is 42.5 Å². The van der Waals surface area contributed by atoms with Crippen LogP contribution in [0.5, 0.6) is 0 Å². The van der Waals surface area contributed by atoms with Crippen molar-refractivity contribution in [1.29, 1.82) is 5.26 Å². The maximum absolute atomic E-state index is 15.5. The molecule has 0 saturated carbocycles. The van der Waals surface area contributed by atoms with Crippen molar-refractivity contribution in [1.82, 2.24) is 4.90 Å². The molecule has 2 aliphatic heterocycles. The second kappa shape index (κ2) is 7.98. The van der Waals surface area contributed by atoms with Gasteiger partial charge >= 0.3 is 5.97 Å². The fraction of sp³-hybridized carbons (Fsp3) is 0.462. The van der Waals surface area contributed by atoms with E-state index in [1.165, 1.54) is 6.07 Å². The van der Waals surface area contributed by atoms with Gasteiger partial charge in [0.2, 0.25) is 0 Å².